The molecule has 3 rings (SSSR count). The minimum absolute atomic E-state index is 0.0259. The van der Waals surface area contributed by atoms with Crippen molar-refractivity contribution in [2.24, 2.45) is 11.8 Å². The van der Waals surface area contributed by atoms with Crippen LogP contribution in [0.4, 0.5) is 4.39 Å². The Morgan fingerprint density at radius 2 is 2.24 bits per heavy atom. The van der Waals surface area contributed by atoms with Gasteiger partial charge in [-0.2, -0.15) is 0 Å². The zero-order valence-electron chi connectivity index (χ0n) is 9.45. The summed E-state index contributed by atoms with van der Waals surface area (Å²) in [6.07, 6.45) is 3.53. The Bertz CT molecular complexity index is 533. The van der Waals surface area contributed by atoms with Crippen molar-refractivity contribution in [1.29, 1.82) is 0 Å². The molecule has 0 spiro atoms. The van der Waals surface area contributed by atoms with Crippen molar-refractivity contribution in [2.75, 3.05) is 0 Å². The number of nitrogens with two attached hydrogens (primary N) is 1. The van der Waals surface area contributed by atoms with E-state index in [0.717, 1.165) is 23.5 Å². The van der Waals surface area contributed by atoms with Crippen LogP contribution in [0, 0.1) is 11.7 Å². The number of benzene rings is 1. The average molecular weight is 234 g/mol. The lowest BCUT2D eigenvalue weighted by Gasteiger charge is -2.11. The van der Waals surface area contributed by atoms with Gasteiger partial charge in [0.2, 0.25) is 0 Å². The third kappa shape index (κ3) is 2.18. The van der Waals surface area contributed by atoms with E-state index in [2.05, 4.69) is 5.43 Å². The number of halogens is 1. The molecule has 0 amide bonds. The van der Waals surface area contributed by atoms with Gasteiger partial charge in [0.05, 0.1) is 6.04 Å². The normalized spacial score (nSPS) is 17.5. The van der Waals surface area contributed by atoms with Crippen LogP contribution < -0.4 is 11.3 Å². The first kappa shape index (κ1) is 10.7. The Labute approximate surface area is 98.8 Å². The van der Waals surface area contributed by atoms with Gasteiger partial charge in [-0.3, -0.25) is 5.84 Å². The molecule has 3 N–H and O–H groups in total. The van der Waals surface area contributed by atoms with Gasteiger partial charge in [0.15, 0.2) is 0 Å². The monoisotopic (exact) mass is 234 g/mol. The number of nitrogens with one attached hydrogen (secondary N) is 1. The van der Waals surface area contributed by atoms with E-state index < -0.39 is 0 Å². The molecule has 1 aromatic carbocycles. The minimum Gasteiger partial charge on any atom is -0.459 e. The van der Waals surface area contributed by atoms with E-state index in [0.29, 0.717) is 5.58 Å². The standard InChI is InChI=1S/C13H15FN2O/c14-10-3-4-12-9(6-10)7-13(17-12)11(16-15)5-8-1-2-8/h3-4,6-8,11,16H,1-2,5,15H2. The van der Waals surface area contributed by atoms with E-state index >= 15 is 0 Å². The highest BCUT2D eigenvalue weighted by Crippen LogP contribution is 2.38. The van der Waals surface area contributed by atoms with Crippen molar-refractivity contribution < 1.29 is 8.81 Å². The van der Waals surface area contributed by atoms with E-state index in [-0.39, 0.29) is 11.9 Å². The minimum atomic E-state index is -0.246. The maximum atomic E-state index is 13.1. The number of fused-ring (bicyclic) bond motifs is 1. The summed E-state index contributed by atoms with van der Waals surface area (Å²) in [6.45, 7) is 0. The summed E-state index contributed by atoms with van der Waals surface area (Å²) in [7, 11) is 0. The number of hydrogen-bond donors (Lipinski definition) is 2. The molecule has 0 radical (unpaired) electrons. The average Bonchev–Trinajstić information content (AvgIpc) is 3.04. The van der Waals surface area contributed by atoms with Crippen molar-refractivity contribution in [3.05, 3.63) is 35.8 Å². The molecular formula is C13H15FN2O. The summed E-state index contributed by atoms with van der Waals surface area (Å²) >= 11 is 0. The lowest BCUT2D eigenvalue weighted by Crippen LogP contribution is -2.28. The molecule has 1 aliphatic carbocycles. The summed E-state index contributed by atoms with van der Waals surface area (Å²) < 4.78 is 18.8. The van der Waals surface area contributed by atoms with Gasteiger partial charge in [0, 0.05) is 5.39 Å². The molecule has 1 heterocycles. The molecule has 2 aromatic rings. The van der Waals surface area contributed by atoms with Gasteiger partial charge in [0.1, 0.15) is 17.2 Å². The lowest BCUT2D eigenvalue weighted by molar-refractivity contribution is 0.402. The van der Waals surface area contributed by atoms with Gasteiger partial charge in [0.25, 0.3) is 0 Å². The molecule has 17 heavy (non-hydrogen) atoms. The van der Waals surface area contributed by atoms with Gasteiger partial charge in [-0.15, -0.1) is 0 Å². The molecule has 1 atom stereocenters. The van der Waals surface area contributed by atoms with Crippen molar-refractivity contribution in [1.82, 2.24) is 5.43 Å². The molecule has 0 aliphatic heterocycles. The number of hydrazine groups is 1. The lowest BCUT2D eigenvalue weighted by atomic mass is 10.1. The third-order valence-electron chi connectivity index (χ3n) is 3.31. The smallest absolute Gasteiger partial charge is 0.134 e. The SMILES string of the molecule is NNC(CC1CC1)c1cc2cc(F)ccc2o1. The highest BCUT2D eigenvalue weighted by molar-refractivity contribution is 5.78. The van der Waals surface area contributed by atoms with Crippen LogP contribution in [0.15, 0.2) is 28.7 Å². The van der Waals surface area contributed by atoms with E-state index in [1.54, 1.807) is 6.07 Å². The van der Waals surface area contributed by atoms with Gasteiger partial charge in [-0.25, -0.2) is 9.82 Å². The van der Waals surface area contributed by atoms with E-state index in [9.17, 15) is 4.39 Å². The van der Waals surface area contributed by atoms with E-state index in [1.807, 2.05) is 6.07 Å². The molecule has 1 unspecified atom stereocenters. The summed E-state index contributed by atoms with van der Waals surface area (Å²) in [5.74, 6) is 6.85. The van der Waals surface area contributed by atoms with Crippen molar-refractivity contribution in [3.63, 3.8) is 0 Å². The molecule has 3 nitrogen and oxygen atoms in total. The fourth-order valence-corrected chi connectivity index (χ4v) is 2.16. The fourth-order valence-electron chi connectivity index (χ4n) is 2.16. The Hall–Kier alpha value is -1.39. The van der Waals surface area contributed by atoms with Gasteiger partial charge < -0.3 is 4.42 Å². The molecule has 1 aliphatic rings. The third-order valence-corrected chi connectivity index (χ3v) is 3.31. The van der Waals surface area contributed by atoms with Gasteiger partial charge in [-0.1, -0.05) is 12.8 Å². The van der Waals surface area contributed by atoms with Gasteiger partial charge in [-0.05, 0) is 36.6 Å². The molecule has 1 aromatic heterocycles. The Balaban J connectivity index is 1.92. The van der Waals surface area contributed by atoms with Crippen LogP contribution in [0.1, 0.15) is 31.1 Å². The summed E-state index contributed by atoms with van der Waals surface area (Å²) in [6, 6.07) is 6.43. The van der Waals surface area contributed by atoms with Crippen molar-refractivity contribution >= 4 is 11.0 Å². The van der Waals surface area contributed by atoms with Crippen LogP contribution in [0.3, 0.4) is 0 Å². The molecule has 4 heteroatoms. The Morgan fingerprint density at radius 3 is 2.94 bits per heavy atom. The predicted molar refractivity (Wildman–Crippen MR) is 63.6 cm³/mol. The number of furan rings is 1. The molecule has 1 saturated carbocycles. The van der Waals surface area contributed by atoms with Crippen LogP contribution in [0.2, 0.25) is 0 Å². The van der Waals surface area contributed by atoms with Crippen LogP contribution in [-0.4, -0.2) is 0 Å². The molecule has 0 saturated heterocycles. The number of hydrogen-bond acceptors (Lipinski definition) is 3. The summed E-state index contributed by atoms with van der Waals surface area (Å²) in [4.78, 5) is 0. The predicted octanol–water partition coefficient (Wildman–Crippen LogP) is 2.88. The summed E-state index contributed by atoms with van der Waals surface area (Å²) in [5, 5.41) is 0.788. The Morgan fingerprint density at radius 1 is 1.41 bits per heavy atom. The zero-order valence-corrected chi connectivity index (χ0v) is 9.45. The topological polar surface area (TPSA) is 51.2 Å². The first-order chi connectivity index (χ1) is 8.26. The molecule has 0 bridgehead atoms. The molecule has 1 fully saturated rings. The van der Waals surface area contributed by atoms with Crippen LogP contribution in [0.25, 0.3) is 11.0 Å². The van der Waals surface area contributed by atoms with Crippen LogP contribution in [-0.2, 0) is 0 Å². The maximum absolute atomic E-state index is 13.1. The highest BCUT2D eigenvalue weighted by atomic mass is 19.1. The van der Waals surface area contributed by atoms with Crippen LogP contribution >= 0.6 is 0 Å². The number of rotatable bonds is 4. The first-order valence-electron chi connectivity index (χ1n) is 5.91. The largest absolute Gasteiger partial charge is 0.459 e. The second-order valence-corrected chi connectivity index (χ2v) is 4.73. The van der Waals surface area contributed by atoms with Crippen molar-refractivity contribution in [2.45, 2.75) is 25.3 Å². The summed E-state index contributed by atoms with van der Waals surface area (Å²) in [5.41, 5.74) is 3.48. The van der Waals surface area contributed by atoms with Crippen molar-refractivity contribution in [3.8, 4) is 0 Å². The maximum Gasteiger partial charge on any atom is 0.134 e. The molecular weight excluding hydrogens is 219 g/mol. The van der Waals surface area contributed by atoms with E-state index in [1.165, 1.54) is 25.0 Å². The zero-order chi connectivity index (χ0) is 11.8. The van der Waals surface area contributed by atoms with Gasteiger partial charge >= 0.3 is 0 Å². The quantitative estimate of drug-likeness (QED) is 0.631. The highest BCUT2D eigenvalue weighted by Gasteiger charge is 2.27. The van der Waals surface area contributed by atoms with E-state index in [4.69, 9.17) is 10.3 Å². The Kier molecular flexibility index (Phi) is 2.61. The fraction of sp³-hybridized carbons (Fsp3) is 0.385. The second-order valence-electron chi connectivity index (χ2n) is 4.73. The molecule has 90 valence electrons. The van der Waals surface area contributed by atoms with Crippen LogP contribution in [0.5, 0.6) is 0 Å². The first-order valence-corrected chi connectivity index (χ1v) is 5.91. The second kappa shape index (κ2) is 4.13.